The number of carbonyl (C=O) groups is 2. The molecule has 0 spiro atoms. The average Bonchev–Trinajstić information content (AvgIpc) is 2.21. The van der Waals surface area contributed by atoms with Gasteiger partial charge in [-0.1, -0.05) is 20.8 Å². The number of nitrogens with one attached hydrogen (secondary N) is 1. The molecule has 0 saturated carbocycles. The van der Waals surface area contributed by atoms with E-state index >= 15 is 0 Å². The van der Waals surface area contributed by atoms with Crippen molar-refractivity contribution in [1.29, 1.82) is 0 Å². The maximum absolute atomic E-state index is 11.5. The lowest BCUT2D eigenvalue weighted by molar-refractivity contribution is -0.150. The van der Waals surface area contributed by atoms with Crippen molar-refractivity contribution in [3.05, 3.63) is 0 Å². The highest BCUT2D eigenvalue weighted by Gasteiger charge is 2.28. The summed E-state index contributed by atoms with van der Waals surface area (Å²) in [5.41, 5.74) is 5.30. The molecule has 0 aliphatic carbocycles. The minimum absolute atomic E-state index is 0.199. The molecule has 2 atom stereocenters. The molecule has 0 aromatic rings. The highest BCUT2D eigenvalue weighted by molar-refractivity contribution is 5.83. The van der Waals surface area contributed by atoms with Crippen molar-refractivity contribution >= 4 is 11.9 Å². The summed E-state index contributed by atoms with van der Waals surface area (Å²) in [5.74, 6) is -1.19. The second-order valence-electron chi connectivity index (χ2n) is 4.63. The van der Waals surface area contributed by atoms with Crippen LogP contribution >= 0.6 is 0 Å². The van der Waals surface area contributed by atoms with Gasteiger partial charge in [0.15, 0.2) is 6.10 Å². The Morgan fingerprint density at radius 2 is 1.94 bits per heavy atom. The monoisotopic (exact) mass is 232 g/mol. The molecule has 0 aliphatic heterocycles. The lowest BCUT2D eigenvalue weighted by Crippen LogP contribution is -2.50. The summed E-state index contributed by atoms with van der Waals surface area (Å²) < 4.78 is 4.30. The molecule has 1 unspecified atom stereocenters. The number of esters is 1. The first kappa shape index (κ1) is 14.9. The van der Waals surface area contributed by atoms with Gasteiger partial charge >= 0.3 is 5.97 Å². The minimum Gasteiger partial charge on any atom is -0.467 e. The first-order valence-corrected chi connectivity index (χ1v) is 4.99. The highest BCUT2D eigenvalue weighted by atomic mass is 16.5. The molecule has 6 nitrogen and oxygen atoms in total. The van der Waals surface area contributed by atoms with Crippen LogP contribution in [-0.4, -0.2) is 42.8 Å². The van der Waals surface area contributed by atoms with Gasteiger partial charge < -0.3 is 20.9 Å². The molecule has 0 rings (SSSR count). The van der Waals surface area contributed by atoms with E-state index in [1.54, 1.807) is 0 Å². The first-order valence-electron chi connectivity index (χ1n) is 4.99. The Labute approximate surface area is 95.1 Å². The molecule has 0 bridgehead atoms. The Kier molecular flexibility index (Phi) is 5.40. The van der Waals surface area contributed by atoms with Crippen molar-refractivity contribution < 1.29 is 19.4 Å². The van der Waals surface area contributed by atoms with Crippen LogP contribution < -0.4 is 11.1 Å². The fourth-order valence-corrected chi connectivity index (χ4v) is 0.920. The molecule has 1 amide bonds. The van der Waals surface area contributed by atoms with Crippen LogP contribution in [0.4, 0.5) is 0 Å². The highest BCUT2D eigenvalue weighted by Crippen LogP contribution is 2.16. The molecule has 0 saturated heterocycles. The summed E-state index contributed by atoms with van der Waals surface area (Å²) in [6, 6.07) is -0.697. The second kappa shape index (κ2) is 5.81. The third-order valence-corrected chi connectivity index (χ3v) is 2.16. The molecule has 0 fully saturated rings. The second-order valence-corrected chi connectivity index (χ2v) is 4.63. The largest absolute Gasteiger partial charge is 0.467 e. The summed E-state index contributed by atoms with van der Waals surface area (Å²) >= 11 is 0. The van der Waals surface area contributed by atoms with Crippen molar-refractivity contribution in [2.45, 2.75) is 32.9 Å². The van der Waals surface area contributed by atoms with E-state index in [1.807, 2.05) is 20.8 Å². The Bertz CT molecular complexity index is 260. The van der Waals surface area contributed by atoms with E-state index in [4.69, 9.17) is 5.73 Å². The number of ether oxygens (including phenoxy) is 1. The summed E-state index contributed by atoms with van der Waals surface area (Å²) in [7, 11) is 1.16. The van der Waals surface area contributed by atoms with E-state index in [1.165, 1.54) is 0 Å². The van der Waals surface area contributed by atoms with E-state index in [0.717, 1.165) is 7.11 Å². The average molecular weight is 232 g/mol. The number of carbonyl (C=O) groups excluding carboxylic acids is 2. The first-order chi connectivity index (χ1) is 7.20. The molecule has 0 aromatic heterocycles. The zero-order valence-electron chi connectivity index (χ0n) is 10.1. The fraction of sp³-hybridized carbons (Fsp3) is 0.800. The lowest BCUT2D eigenvalue weighted by Gasteiger charge is -2.26. The lowest BCUT2D eigenvalue weighted by atomic mass is 9.87. The summed E-state index contributed by atoms with van der Waals surface area (Å²) in [4.78, 5) is 22.3. The molecule has 0 heterocycles. The van der Waals surface area contributed by atoms with Gasteiger partial charge in [0.25, 0.3) is 0 Å². The van der Waals surface area contributed by atoms with Crippen LogP contribution in [0.2, 0.25) is 0 Å². The number of aliphatic hydroxyl groups is 1. The molecular weight excluding hydrogens is 212 g/mol. The predicted octanol–water partition coefficient (Wildman–Crippen LogP) is -0.990. The quantitative estimate of drug-likeness (QED) is 0.540. The smallest absolute Gasteiger partial charge is 0.336 e. The number of amides is 1. The molecule has 0 radical (unpaired) electrons. The van der Waals surface area contributed by atoms with Crippen molar-refractivity contribution in [2.24, 2.45) is 11.1 Å². The van der Waals surface area contributed by atoms with Crippen LogP contribution in [0.25, 0.3) is 0 Å². The van der Waals surface area contributed by atoms with Crippen LogP contribution in [0.3, 0.4) is 0 Å². The fourth-order valence-electron chi connectivity index (χ4n) is 0.920. The van der Waals surface area contributed by atoms with Gasteiger partial charge in [-0.05, 0) is 5.41 Å². The van der Waals surface area contributed by atoms with Gasteiger partial charge in [-0.15, -0.1) is 0 Å². The van der Waals surface area contributed by atoms with Crippen molar-refractivity contribution in [2.75, 3.05) is 13.7 Å². The number of nitrogens with two attached hydrogens (primary N) is 1. The molecular formula is C10H20N2O4. The van der Waals surface area contributed by atoms with Crippen LogP contribution in [-0.2, 0) is 14.3 Å². The van der Waals surface area contributed by atoms with Gasteiger partial charge in [-0.2, -0.15) is 0 Å². The van der Waals surface area contributed by atoms with E-state index in [9.17, 15) is 14.7 Å². The third-order valence-electron chi connectivity index (χ3n) is 2.16. The normalized spacial score (nSPS) is 15.1. The molecule has 6 heteroatoms. The number of aliphatic hydroxyl groups excluding tert-OH is 1. The van der Waals surface area contributed by atoms with Crippen LogP contribution in [0.1, 0.15) is 20.8 Å². The molecule has 16 heavy (non-hydrogen) atoms. The van der Waals surface area contributed by atoms with Crippen molar-refractivity contribution in [3.63, 3.8) is 0 Å². The summed E-state index contributed by atoms with van der Waals surface area (Å²) in [5, 5.41) is 11.6. The Balaban J connectivity index is 4.13. The SMILES string of the molecule is COC(=O)C(O)CNC(=O)[C@H](N)C(C)(C)C. The van der Waals surface area contributed by atoms with Crippen molar-refractivity contribution in [1.82, 2.24) is 5.32 Å². The van der Waals surface area contributed by atoms with E-state index in [0.29, 0.717) is 0 Å². The maximum Gasteiger partial charge on any atom is 0.336 e. The third kappa shape index (κ3) is 4.59. The predicted molar refractivity (Wildman–Crippen MR) is 58.5 cm³/mol. The number of hydrogen-bond acceptors (Lipinski definition) is 5. The zero-order valence-corrected chi connectivity index (χ0v) is 10.1. The van der Waals surface area contributed by atoms with E-state index in [2.05, 4.69) is 10.1 Å². The Morgan fingerprint density at radius 3 is 2.31 bits per heavy atom. The van der Waals surface area contributed by atoms with Gasteiger partial charge in [0.05, 0.1) is 19.7 Å². The van der Waals surface area contributed by atoms with E-state index < -0.39 is 24.0 Å². The molecule has 0 aromatic carbocycles. The minimum atomic E-state index is -1.36. The van der Waals surface area contributed by atoms with Crippen molar-refractivity contribution in [3.8, 4) is 0 Å². The van der Waals surface area contributed by atoms with Gasteiger partial charge in [-0.3, -0.25) is 4.79 Å². The van der Waals surface area contributed by atoms with Crippen LogP contribution in [0.15, 0.2) is 0 Å². The van der Waals surface area contributed by atoms with Crippen LogP contribution in [0.5, 0.6) is 0 Å². The number of hydrogen-bond donors (Lipinski definition) is 3. The van der Waals surface area contributed by atoms with Gasteiger partial charge in [0, 0.05) is 0 Å². The van der Waals surface area contributed by atoms with Crippen LogP contribution in [0, 0.1) is 5.41 Å². The zero-order chi connectivity index (χ0) is 12.9. The molecule has 4 N–H and O–H groups in total. The topological polar surface area (TPSA) is 102 Å². The molecule has 0 aliphatic rings. The maximum atomic E-state index is 11.5. The summed E-state index contributed by atoms with van der Waals surface area (Å²) in [6.07, 6.45) is -1.36. The molecule has 94 valence electrons. The van der Waals surface area contributed by atoms with Gasteiger partial charge in [0.2, 0.25) is 5.91 Å². The van der Waals surface area contributed by atoms with E-state index in [-0.39, 0.29) is 12.0 Å². The standard InChI is InChI=1S/C10H20N2O4/c1-10(2,3)7(11)8(14)12-5-6(13)9(15)16-4/h6-7,13H,5,11H2,1-4H3,(H,12,14)/t6?,7-/m0/s1. The summed E-state index contributed by atoms with van der Waals surface area (Å²) in [6.45, 7) is 5.28. The Hall–Kier alpha value is -1.14. The Morgan fingerprint density at radius 1 is 1.44 bits per heavy atom. The van der Waals surface area contributed by atoms with Gasteiger partial charge in [-0.25, -0.2) is 4.79 Å². The van der Waals surface area contributed by atoms with Gasteiger partial charge in [0.1, 0.15) is 0 Å². The number of rotatable bonds is 4. The number of methoxy groups -OCH3 is 1.